The van der Waals surface area contributed by atoms with Crippen molar-refractivity contribution in [3.8, 4) is 11.1 Å². The highest BCUT2D eigenvalue weighted by molar-refractivity contribution is 5.96. The van der Waals surface area contributed by atoms with E-state index in [-0.39, 0.29) is 5.91 Å². The van der Waals surface area contributed by atoms with Crippen LogP contribution in [0.4, 0.5) is 5.69 Å². The molecule has 0 aliphatic rings. The van der Waals surface area contributed by atoms with Crippen LogP contribution in [-0.2, 0) is 4.79 Å². The molecule has 0 atom stereocenters. The number of hydrogen-bond acceptors (Lipinski definition) is 2. The van der Waals surface area contributed by atoms with Gasteiger partial charge in [0.05, 0.1) is 6.54 Å². The maximum atomic E-state index is 12.2. The van der Waals surface area contributed by atoms with Crippen molar-refractivity contribution < 1.29 is 4.79 Å². The predicted molar refractivity (Wildman–Crippen MR) is 88.3 cm³/mol. The molecule has 1 amide bonds. The summed E-state index contributed by atoms with van der Waals surface area (Å²) in [5, 5.41) is 3.03. The van der Waals surface area contributed by atoms with E-state index in [0.29, 0.717) is 6.54 Å². The number of nitrogens with zero attached hydrogens (tertiary/aromatic N) is 1. The fourth-order valence-corrected chi connectivity index (χ4v) is 2.30. The number of amides is 1. The van der Waals surface area contributed by atoms with Crippen LogP contribution in [0.15, 0.2) is 54.6 Å². The summed E-state index contributed by atoms with van der Waals surface area (Å²) >= 11 is 0. The molecular formula is C18H22N2O. The van der Waals surface area contributed by atoms with E-state index in [0.717, 1.165) is 29.9 Å². The first-order valence-corrected chi connectivity index (χ1v) is 7.41. The van der Waals surface area contributed by atoms with Gasteiger partial charge in [-0.1, -0.05) is 62.4 Å². The van der Waals surface area contributed by atoms with Gasteiger partial charge in [0.2, 0.25) is 5.91 Å². The second kappa shape index (κ2) is 7.60. The molecule has 0 spiro atoms. The van der Waals surface area contributed by atoms with Crippen LogP contribution >= 0.6 is 0 Å². The van der Waals surface area contributed by atoms with Crippen molar-refractivity contribution in [1.82, 2.24) is 4.90 Å². The van der Waals surface area contributed by atoms with Gasteiger partial charge in [-0.05, 0) is 24.7 Å². The van der Waals surface area contributed by atoms with Crippen molar-refractivity contribution in [3.63, 3.8) is 0 Å². The average Bonchev–Trinajstić information content (AvgIpc) is 2.54. The smallest absolute Gasteiger partial charge is 0.238 e. The third kappa shape index (κ3) is 4.17. The molecule has 21 heavy (non-hydrogen) atoms. The number of likely N-dealkylation sites (N-methyl/N-ethyl adjacent to an activating group) is 1. The number of carbonyl (C=O) groups is 1. The van der Waals surface area contributed by atoms with Gasteiger partial charge in [-0.3, -0.25) is 9.69 Å². The van der Waals surface area contributed by atoms with Crippen molar-refractivity contribution in [2.45, 2.75) is 13.8 Å². The highest BCUT2D eigenvalue weighted by Crippen LogP contribution is 2.27. The Hall–Kier alpha value is -2.13. The number of rotatable bonds is 6. The Kier molecular flexibility index (Phi) is 5.52. The van der Waals surface area contributed by atoms with E-state index in [9.17, 15) is 4.79 Å². The van der Waals surface area contributed by atoms with Gasteiger partial charge in [0.15, 0.2) is 0 Å². The molecule has 2 aromatic rings. The van der Waals surface area contributed by atoms with E-state index in [2.05, 4.69) is 36.2 Å². The highest BCUT2D eigenvalue weighted by atomic mass is 16.2. The summed E-state index contributed by atoms with van der Waals surface area (Å²) in [4.78, 5) is 14.3. The summed E-state index contributed by atoms with van der Waals surface area (Å²) in [6.45, 7) is 6.31. The number of para-hydroxylation sites is 1. The van der Waals surface area contributed by atoms with Crippen LogP contribution in [-0.4, -0.2) is 30.4 Å². The number of anilines is 1. The first-order chi connectivity index (χ1) is 10.2. The normalized spacial score (nSPS) is 10.6. The van der Waals surface area contributed by atoms with Crippen molar-refractivity contribution >= 4 is 11.6 Å². The van der Waals surface area contributed by atoms with Gasteiger partial charge in [-0.25, -0.2) is 0 Å². The summed E-state index contributed by atoms with van der Waals surface area (Å²) in [7, 11) is 0. The number of nitrogens with one attached hydrogen (secondary N) is 1. The van der Waals surface area contributed by atoms with Crippen molar-refractivity contribution in [2.24, 2.45) is 0 Å². The summed E-state index contributed by atoms with van der Waals surface area (Å²) < 4.78 is 0. The number of hydrogen-bond donors (Lipinski definition) is 1. The fourth-order valence-electron chi connectivity index (χ4n) is 2.30. The van der Waals surface area contributed by atoms with Crippen LogP contribution in [0.25, 0.3) is 11.1 Å². The minimum absolute atomic E-state index is 0.0297. The molecule has 0 heterocycles. The standard InChI is InChI=1S/C18H22N2O/c1-3-20(4-2)14-18(21)19-17-13-9-8-12-16(17)15-10-6-5-7-11-15/h5-13H,3-4,14H2,1-2H3,(H,19,21). The molecule has 1 N–H and O–H groups in total. The molecule has 0 aliphatic heterocycles. The lowest BCUT2D eigenvalue weighted by atomic mass is 10.0. The maximum absolute atomic E-state index is 12.2. The Morgan fingerprint density at radius 3 is 2.24 bits per heavy atom. The van der Waals surface area contributed by atoms with E-state index in [1.807, 2.05) is 42.5 Å². The van der Waals surface area contributed by atoms with Crippen LogP contribution < -0.4 is 5.32 Å². The Labute approximate surface area is 126 Å². The number of carbonyl (C=O) groups excluding carboxylic acids is 1. The summed E-state index contributed by atoms with van der Waals surface area (Å²) in [5.74, 6) is 0.0297. The molecule has 0 saturated heterocycles. The molecule has 0 bridgehead atoms. The Morgan fingerprint density at radius 1 is 0.952 bits per heavy atom. The first kappa shape index (κ1) is 15.3. The van der Waals surface area contributed by atoms with Gasteiger partial charge < -0.3 is 5.32 Å². The maximum Gasteiger partial charge on any atom is 0.238 e. The quantitative estimate of drug-likeness (QED) is 0.877. The SMILES string of the molecule is CCN(CC)CC(=O)Nc1ccccc1-c1ccccc1. The van der Waals surface area contributed by atoms with Crippen molar-refractivity contribution in [1.29, 1.82) is 0 Å². The molecule has 0 unspecified atom stereocenters. The molecule has 0 aromatic heterocycles. The van der Waals surface area contributed by atoms with E-state index < -0.39 is 0 Å². The first-order valence-electron chi connectivity index (χ1n) is 7.41. The number of benzene rings is 2. The van der Waals surface area contributed by atoms with Gasteiger partial charge in [-0.15, -0.1) is 0 Å². The summed E-state index contributed by atoms with van der Waals surface area (Å²) in [6, 6.07) is 18.0. The Balaban J connectivity index is 2.16. The van der Waals surface area contributed by atoms with Gasteiger partial charge in [0.25, 0.3) is 0 Å². The zero-order valence-corrected chi connectivity index (χ0v) is 12.7. The largest absolute Gasteiger partial charge is 0.324 e. The predicted octanol–water partition coefficient (Wildman–Crippen LogP) is 3.63. The summed E-state index contributed by atoms with van der Waals surface area (Å²) in [5.41, 5.74) is 3.02. The third-order valence-corrected chi connectivity index (χ3v) is 3.55. The third-order valence-electron chi connectivity index (χ3n) is 3.55. The average molecular weight is 282 g/mol. The monoisotopic (exact) mass is 282 g/mol. The molecule has 0 fully saturated rings. The van der Waals surface area contributed by atoms with Gasteiger partial charge in [-0.2, -0.15) is 0 Å². The Morgan fingerprint density at radius 2 is 1.57 bits per heavy atom. The topological polar surface area (TPSA) is 32.3 Å². The zero-order valence-electron chi connectivity index (χ0n) is 12.7. The van der Waals surface area contributed by atoms with E-state index >= 15 is 0 Å². The van der Waals surface area contributed by atoms with E-state index in [1.54, 1.807) is 0 Å². The van der Waals surface area contributed by atoms with Crippen LogP contribution in [0.1, 0.15) is 13.8 Å². The highest BCUT2D eigenvalue weighted by Gasteiger charge is 2.10. The lowest BCUT2D eigenvalue weighted by Crippen LogP contribution is -2.33. The molecule has 3 nitrogen and oxygen atoms in total. The molecule has 3 heteroatoms. The second-order valence-corrected chi connectivity index (χ2v) is 4.92. The van der Waals surface area contributed by atoms with E-state index in [4.69, 9.17) is 0 Å². The van der Waals surface area contributed by atoms with Crippen LogP contribution in [0.2, 0.25) is 0 Å². The zero-order chi connectivity index (χ0) is 15.1. The van der Waals surface area contributed by atoms with Crippen LogP contribution in [0.5, 0.6) is 0 Å². The van der Waals surface area contributed by atoms with Gasteiger partial charge in [0, 0.05) is 11.3 Å². The van der Waals surface area contributed by atoms with Crippen LogP contribution in [0, 0.1) is 0 Å². The van der Waals surface area contributed by atoms with Gasteiger partial charge >= 0.3 is 0 Å². The van der Waals surface area contributed by atoms with Crippen molar-refractivity contribution in [3.05, 3.63) is 54.6 Å². The Bertz CT molecular complexity index is 577. The second-order valence-electron chi connectivity index (χ2n) is 4.92. The molecular weight excluding hydrogens is 260 g/mol. The van der Waals surface area contributed by atoms with E-state index in [1.165, 1.54) is 0 Å². The lowest BCUT2D eigenvalue weighted by Gasteiger charge is -2.18. The fraction of sp³-hybridized carbons (Fsp3) is 0.278. The van der Waals surface area contributed by atoms with Crippen LogP contribution in [0.3, 0.4) is 0 Å². The van der Waals surface area contributed by atoms with Crippen molar-refractivity contribution in [2.75, 3.05) is 25.0 Å². The molecule has 2 aromatic carbocycles. The molecule has 110 valence electrons. The minimum Gasteiger partial charge on any atom is -0.324 e. The van der Waals surface area contributed by atoms with Gasteiger partial charge in [0.1, 0.15) is 0 Å². The minimum atomic E-state index is 0.0297. The summed E-state index contributed by atoms with van der Waals surface area (Å²) in [6.07, 6.45) is 0. The molecule has 0 aliphatic carbocycles. The molecule has 2 rings (SSSR count). The molecule has 0 saturated carbocycles. The molecule has 0 radical (unpaired) electrons. The lowest BCUT2D eigenvalue weighted by molar-refractivity contribution is -0.117.